The summed E-state index contributed by atoms with van der Waals surface area (Å²) in [6.45, 7) is 7.77. The zero-order valence-electron chi connectivity index (χ0n) is 13.3. The van der Waals surface area contributed by atoms with Crippen LogP contribution < -0.4 is 4.90 Å². The molecule has 0 saturated heterocycles. The molecule has 2 aromatic carbocycles. The minimum absolute atomic E-state index is 0.457. The van der Waals surface area contributed by atoms with Crippen LogP contribution in [0, 0.1) is 11.3 Å². The van der Waals surface area contributed by atoms with Gasteiger partial charge in [-0.05, 0) is 32.4 Å². The molecule has 0 aliphatic carbocycles. The molecule has 0 fully saturated rings. The third-order valence-electron chi connectivity index (χ3n) is 3.96. The van der Waals surface area contributed by atoms with Crippen LogP contribution in [0.5, 0.6) is 0 Å². The normalized spacial score (nSPS) is 10.8. The molecule has 0 spiro atoms. The van der Waals surface area contributed by atoms with Crippen molar-refractivity contribution in [2.45, 2.75) is 46.1 Å². The first-order valence-corrected chi connectivity index (χ1v) is 7.87. The molecule has 21 heavy (non-hydrogen) atoms. The fraction of sp³-hybridized carbons (Fsp3) is 0.421. The predicted octanol–water partition coefficient (Wildman–Crippen LogP) is 5.12. The average molecular weight is 280 g/mol. The molecule has 0 amide bonds. The molecular formula is C19H24N2. The number of benzene rings is 2. The zero-order chi connectivity index (χ0) is 15.2. The average Bonchev–Trinajstić information content (AvgIpc) is 2.50. The van der Waals surface area contributed by atoms with E-state index in [0.29, 0.717) is 6.04 Å². The Morgan fingerprint density at radius 1 is 1.05 bits per heavy atom. The Bertz CT molecular complexity index is 638. The Kier molecular flexibility index (Phi) is 5.22. The monoisotopic (exact) mass is 280 g/mol. The lowest BCUT2D eigenvalue weighted by atomic mass is 10.0. The van der Waals surface area contributed by atoms with E-state index in [2.05, 4.69) is 49.9 Å². The summed E-state index contributed by atoms with van der Waals surface area (Å²) in [4.78, 5) is 2.46. The third kappa shape index (κ3) is 3.36. The van der Waals surface area contributed by atoms with Crippen molar-refractivity contribution in [3.05, 3.63) is 42.0 Å². The van der Waals surface area contributed by atoms with Crippen molar-refractivity contribution in [2.75, 3.05) is 11.4 Å². The third-order valence-corrected chi connectivity index (χ3v) is 3.96. The van der Waals surface area contributed by atoms with E-state index in [9.17, 15) is 5.26 Å². The van der Waals surface area contributed by atoms with Gasteiger partial charge in [-0.3, -0.25) is 0 Å². The number of hydrogen-bond acceptors (Lipinski definition) is 2. The number of anilines is 1. The predicted molar refractivity (Wildman–Crippen MR) is 90.7 cm³/mol. The highest BCUT2D eigenvalue weighted by Crippen LogP contribution is 2.30. The van der Waals surface area contributed by atoms with Gasteiger partial charge in [0.15, 0.2) is 0 Å². The van der Waals surface area contributed by atoms with Crippen LogP contribution in [-0.4, -0.2) is 12.6 Å². The Morgan fingerprint density at radius 2 is 1.76 bits per heavy atom. The topological polar surface area (TPSA) is 27.0 Å². The minimum Gasteiger partial charge on any atom is -0.369 e. The SMILES string of the molecule is CCCCCN(c1ccc(C#N)c2ccccc12)C(C)C. The van der Waals surface area contributed by atoms with E-state index in [1.807, 2.05) is 18.2 Å². The zero-order valence-corrected chi connectivity index (χ0v) is 13.3. The molecule has 0 aromatic heterocycles. The van der Waals surface area contributed by atoms with E-state index < -0.39 is 0 Å². The van der Waals surface area contributed by atoms with Crippen LogP contribution in [0.2, 0.25) is 0 Å². The molecular weight excluding hydrogens is 256 g/mol. The molecule has 2 heteroatoms. The largest absolute Gasteiger partial charge is 0.369 e. The molecule has 0 aliphatic rings. The van der Waals surface area contributed by atoms with E-state index in [1.165, 1.54) is 30.3 Å². The van der Waals surface area contributed by atoms with Gasteiger partial charge in [-0.25, -0.2) is 0 Å². The molecule has 2 nitrogen and oxygen atoms in total. The van der Waals surface area contributed by atoms with Crippen molar-refractivity contribution in [2.24, 2.45) is 0 Å². The second-order valence-electron chi connectivity index (χ2n) is 5.78. The molecule has 2 rings (SSSR count). The number of nitrogens with zero attached hydrogens (tertiary/aromatic N) is 2. The van der Waals surface area contributed by atoms with Gasteiger partial charge in [-0.1, -0.05) is 44.0 Å². The van der Waals surface area contributed by atoms with Crippen LogP contribution in [0.4, 0.5) is 5.69 Å². The van der Waals surface area contributed by atoms with Crippen LogP contribution in [0.3, 0.4) is 0 Å². The highest BCUT2D eigenvalue weighted by molar-refractivity contribution is 5.97. The van der Waals surface area contributed by atoms with E-state index >= 15 is 0 Å². The van der Waals surface area contributed by atoms with Gasteiger partial charge in [0.25, 0.3) is 0 Å². The van der Waals surface area contributed by atoms with Crippen molar-refractivity contribution in [1.82, 2.24) is 0 Å². The standard InChI is InChI=1S/C19H24N2/c1-4-5-8-13-21(15(2)3)19-12-11-16(14-20)17-9-6-7-10-18(17)19/h6-7,9-12,15H,4-5,8,13H2,1-3H3. The quantitative estimate of drug-likeness (QED) is 0.687. The molecule has 110 valence electrons. The summed E-state index contributed by atoms with van der Waals surface area (Å²) >= 11 is 0. The summed E-state index contributed by atoms with van der Waals surface area (Å²) in [5.41, 5.74) is 2.00. The van der Waals surface area contributed by atoms with Gasteiger partial charge < -0.3 is 4.90 Å². The maximum absolute atomic E-state index is 9.28. The van der Waals surface area contributed by atoms with Gasteiger partial charge in [0.05, 0.1) is 11.6 Å². The number of fused-ring (bicyclic) bond motifs is 1. The maximum Gasteiger partial charge on any atom is 0.0998 e. The lowest BCUT2D eigenvalue weighted by Crippen LogP contribution is -2.31. The molecule has 2 aromatic rings. The number of hydrogen-bond donors (Lipinski definition) is 0. The first kappa shape index (κ1) is 15.4. The van der Waals surface area contributed by atoms with Gasteiger partial charge in [0.2, 0.25) is 0 Å². The van der Waals surface area contributed by atoms with Crippen LogP contribution in [0.25, 0.3) is 10.8 Å². The van der Waals surface area contributed by atoms with Crippen LogP contribution >= 0.6 is 0 Å². The Hall–Kier alpha value is -2.01. The molecule has 0 aliphatic heterocycles. The molecule has 0 bridgehead atoms. The summed E-state index contributed by atoms with van der Waals surface area (Å²) in [5.74, 6) is 0. The second kappa shape index (κ2) is 7.13. The van der Waals surface area contributed by atoms with Gasteiger partial charge in [0, 0.05) is 29.0 Å². The highest BCUT2D eigenvalue weighted by atomic mass is 15.1. The summed E-state index contributed by atoms with van der Waals surface area (Å²) in [6.07, 6.45) is 3.71. The number of nitriles is 1. The molecule has 0 radical (unpaired) electrons. The van der Waals surface area contributed by atoms with Gasteiger partial charge in [-0.2, -0.15) is 5.26 Å². The first-order valence-electron chi connectivity index (χ1n) is 7.87. The molecule has 0 N–H and O–H groups in total. The summed E-state index contributed by atoms with van der Waals surface area (Å²) in [5, 5.41) is 11.5. The van der Waals surface area contributed by atoms with Gasteiger partial charge in [-0.15, -0.1) is 0 Å². The van der Waals surface area contributed by atoms with E-state index in [0.717, 1.165) is 17.5 Å². The maximum atomic E-state index is 9.28. The van der Waals surface area contributed by atoms with Gasteiger partial charge >= 0.3 is 0 Å². The molecule has 0 heterocycles. The number of unbranched alkanes of at least 4 members (excludes halogenated alkanes) is 2. The molecule has 0 saturated carbocycles. The van der Waals surface area contributed by atoms with Crippen molar-refractivity contribution >= 4 is 16.5 Å². The van der Waals surface area contributed by atoms with E-state index in [-0.39, 0.29) is 0 Å². The Balaban J connectivity index is 2.46. The highest BCUT2D eigenvalue weighted by Gasteiger charge is 2.14. The smallest absolute Gasteiger partial charge is 0.0998 e. The lowest BCUT2D eigenvalue weighted by molar-refractivity contribution is 0.627. The summed E-state index contributed by atoms with van der Waals surface area (Å²) in [6, 6.07) is 15.0. The van der Waals surface area contributed by atoms with Crippen molar-refractivity contribution in [3.63, 3.8) is 0 Å². The van der Waals surface area contributed by atoms with E-state index in [1.54, 1.807) is 0 Å². The number of rotatable bonds is 6. The lowest BCUT2D eigenvalue weighted by Gasteiger charge is -2.30. The molecule has 0 atom stereocenters. The van der Waals surface area contributed by atoms with Gasteiger partial charge in [0.1, 0.15) is 0 Å². The van der Waals surface area contributed by atoms with Crippen molar-refractivity contribution in [1.29, 1.82) is 5.26 Å². The Labute approximate surface area is 128 Å². The second-order valence-corrected chi connectivity index (χ2v) is 5.78. The minimum atomic E-state index is 0.457. The van der Waals surface area contributed by atoms with Crippen LogP contribution in [0.1, 0.15) is 45.6 Å². The fourth-order valence-electron chi connectivity index (χ4n) is 2.82. The van der Waals surface area contributed by atoms with Crippen LogP contribution in [0.15, 0.2) is 36.4 Å². The first-order chi connectivity index (χ1) is 10.2. The van der Waals surface area contributed by atoms with Crippen molar-refractivity contribution in [3.8, 4) is 6.07 Å². The summed E-state index contributed by atoms with van der Waals surface area (Å²) < 4.78 is 0. The Morgan fingerprint density at radius 3 is 2.38 bits per heavy atom. The molecule has 0 unspecified atom stereocenters. The van der Waals surface area contributed by atoms with Crippen molar-refractivity contribution < 1.29 is 0 Å². The van der Waals surface area contributed by atoms with Crippen LogP contribution in [-0.2, 0) is 0 Å². The fourth-order valence-corrected chi connectivity index (χ4v) is 2.82. The summed E-state index contributed by atoms with van der Waals surface area (Å²) in [7, 11) is 0. The van der Waals surface area contributed by atoms with E-state index in [4.69, 9.17) is 0 Å².